The minimum atomic E-state index is -0.779. The molecule has 2 N–H and O–H groups in total. The number of rotatable bonds is 6. The van der Waals surface area contributed by atoms with Gasteiger partial charge in [0, 0.05) is 12.5 Å². The van der Waals surface area contributed by atoms with Crippen LogP contribution in [0.15, 0.2) is 12.2 Å². The summed E-state index contributed by atoms with van der Waals surface area (Å²) in [6, 6.07) is 0. The highest BCUT2D eigenvalue weighted by Gasteiger charge is 2.14. The number of carboxylic acid groups (broad SMARTS) is 1. The lowest BCUT2D eigenvalue weighted by atomic mass is 9.93. The highest BCUT2D eigenvalue weighted by atomic mass is 16.4. The van der Waals surface area contributed by atoms with E-state index in [4.69, 9.17) is 10.2 Å². The largest absolute Gasteiger partial charge is 0.481 e. The average Bonchev–Trinajstić information content (AvgIpc) is 2.04. The molecule has 76 valence electrons. The van der Waals surface area contributed by atoms with Crippen molar-refractivity contribution in [3.63, 3.8) is 0 Å². The van der Waals surface area contributed by atoms with Gasteiger partial charge in [-0.15, -0.1) is 0 Å². The molecule has 13 heavy (non-hydrogen) atoms. The fraction of sp³-hybridized carbons (Fsp3) is 0.700. The lowest BCUT2D eigenvalue weighted by Crippen LogP contribution is -2.14. The lowest BCUT2D eigenvalue weighted by Gasteiger charge is -2.14. The van der Waals surface area contributed by atoms with Crippen LogP contribution in [-0.2, 0) is 4.79 Å². The van der Waals surface area contributed by atoms with Gasteiger partial charge in [-0.2, -0.15) is 0 Å². The summed E-state index contributed by atoms with van der Waals surface area (Å²) in [5, 5.41) is 17.6. The van der Waals surface area contributed by atoms with Gasteiger partial charge < -0.3 is 10.2 Å². The number of carboxylic acids is 1. The Hall–Kier alpha value is -0.830. The van der Waals surface area contributed by atoms with Gasteiger partial charge in [0.2, 0.25) is 0 Å². The van der Waals surface area contributed by atoms with Crippen LogP contribution in [-0.4, -0.2) is 22.8 Å². The molecule has 0 amide bonds. The number of aliphatic hydroxyl groups is 1. The van der Waals surface area contributed by atoms with Gasteiger partial charge in [0.05, 0.1) is 5.92 Å². The summed E-state index contributed by atoms with van der Waals surface area (Å²) in [6.07, 6.45) is 1.28. The Morgan fingerprint density at radius 1 is 1.46 bits per heavy atom. The van der Waals surface area contributed by atoms with Gasteiger partial charge >= 0.3 is 5.97 Å². The molecule has 0 aromatic carbocycles. The van der Waals surface area contributed by atoms with E-state index in [2.05, 4.69) is 6.58 Å². The van der Waals surface area contributed by atoms with Crippen LogP contribution >= 0.6 is 0 Å². The van der Waals surface area contributed by atoms with E-state index in [-0.39, 0.29) is 18.4 Å². The van der Waals surface area contributed by atoms with Crippen molar-refractivity contribution >= 4 is 5.97 Å². The van der Waals surface area contributed by atoms with E-state index in [1.807, 2.05) is 6.92 Å². The van der Waals surface area contributed by atoms with Crippen molar-refractivity contribution in [2.45, 2.75) is 26.7 Å². The highest BCUT2D eigenvalue weighted by Crippen LogP contribution is 2.18. The average molecular weight is 186 g/mol. The Morgan fingerprint density at radius 2 is 2.00 bits per heavy atom. The number of carbonyl (C=O) groups is 1. The highest BCUT2D eigenvalue weighted by molar-refractivity contribution is 5.69. The van der Waals surface area contributed by atoms with Crippen LogP contribution in [0.3, 0.4) is 0 Å². The fourth-order valence-corrected chi connectivity index (χ4v) is 1.07. The SMILES string of the molecule is C=C(C)[C@@H](CO)CCC(C)C(=O)O. The zero-order chi connectivity index (χ0) is 10.4. The minimum Gasteiger partial charge on any atom is -0.481 e. The minimum absolute atomic E-state index is 0.0433. The first-order chi connectivity index (χ1) is 5.99. The third-order valence-corrected chi connectivity index (χ3v) is 2.29. The maximum absolute atomic E-state index is 10.5. The molecule has 0 heterocycles. The van der Waals surface area contributed by atoms with Crippen molar-refractivity contribution in [1.29, 1.82) is 0 Å². The summed E-state index contributed by atoms with van der Waals surface area (Å²) in [4.78, 5) is 10.5. The maximum Gasteiger partial charge on any atom is 0.306 e. The van der Waals surface area contributed by atoms with Gasteiger partial charge in [-0.25, -0.2) is 0 Å². The van der Waals surface area contributed by atoms with Crippen LogP contribution in [0.2, 0.25) is 0 Å². The normalized spacial score (nSPS) is 15.0. The van der Waals surface area contributed by atoms with Crippen LogP contribution in [0, 0.1) is 11.8 Å². The Bertz CT molecular complexity index is 187. The van der Waals surface area contributed by atoms with Crippen molar-refractivity contribution < 1.29 is 15.0 Å². The first kappa shape index (κ1) is 12.2. The van der Waals surface area contributed by atoms with E-state index >= 15 is 0 Å². The first-order valence-corrected chi connectivity index (χ1v) is 4.48. The summed E-state index contributed by atoms with van der Waals surface area (Å²) < 4.78 is 0. The molecule has 0 spiro atoms. The van der Waals surface area contributed by atoms with Crippen LogP contribution in [0.5, 0.6) is 0 Å². The molecule has 0 radical (unpaired) electrons. The fourth-order valence-electron chi connectivity index (χ4n) is 1.07. The zero-order valence-electron chi connectivity index (χ0n) is 8.29. The second kappa shape index (κ2) is 5.75. The Kier molecular flexibility index (Phi) is 5.39. The van der Waals surface area contributed by atoms with E-state index in [0.717, 1.165) is 5.57 Å². The monoisotopic (exact) mass is 186 g/mol. The lowest BCUT2D eigenvalue weighted by molar-refractivity contribution is -0.141. The standard InChI is InChI=1S/C10H18O3/c1-7(2)9(6-11)5-4-8(3)10(12)13/h8-9,11H,1,4-6H2,2-3H3,(H,12,13)/t8?,9-/m1/s1. The molecule has 2 atom stereocenters. The Balaban J connectivity index is 3.85. The Morgan fingerprint density at radius 3 is 2.31 bits per heavy atom. The third-order valence-electron chi connectivity index (χ3n) is 2.29. The van der Waals surface area contributed by atoms with Crippen molar-refractivity contribution in [1.82, 2.24) is 0 Å². The second-order valence-electron chi connectivity index (χ2n) is 3.54. The van der Waals surface area contributed by atoms with E-state index in [9.17, 15) is 4.79 Å². The molecule has 0 rings (SSSR count). The summed E-state index contributed by atoms with van der Waals surface area (Å²) in [5.41, 5.74) is 0.917. The van der Waals surface area contributed by atoms with Gasteiger partial charge in [0.25, 0.3) is 0 Å². The first-order valence-electron chi connectivity index (χ1n) is 4.48. The number of hydrogen-bond acceptors (Lipinski definition) is 2. The molecule has 0 aliphatic heterocycles. The molecule has 0 saturated heterocycles. The summed E-state index contributed by atoms with van der Waals surface area (Å²) >= 11 is 0. The Labute approximate surface area is 79.1 Å². The second-order valence-corrected chi connectivity index (χ2v) is 3.54. The molecule has 1 unspecified atom stereocenters. The van der Waals surface area contributed by atoms with Crippen molar-refractivity contribution in [2.75, 3.05) is 6.61 Å². The van der Waals surface area contributed by atoms with Crippen LogP contribution in [0.4, 0.5) is 0 Å². The molecular weight excluding hydrogens is 168 g/mol. The van der Waals surface area contributed by atoms with Crippen LogP contribution < -0.4 is 0 Å². The van der Waals surface area contributed by atoms with E-state index in [1.165, 1.54) is 0 Å². The van der Waals surface area contributed by atoms with Crippen LogP contribution in [0.1, 0.15) is 26.7 Å². The third kappa shape index (κ3) is 4.68. The smallest absolute Gasteiger partial charge is 0.306 e. The summed E-state index contributed by atoms with van der Waals surface area (Å²) in [6.45, 7) is 7.33. The molecule has 0 aliphatic carbocycles. The van der Waals surface area contributed by atoms with E-state index < -0.39 is 5.97 Å². The zero-order valence-corrected chi connectivity index (χ0v) is 8.29. The molecular formula is C10H18O3. The van der Waals surface area contributed by atoms with Gasteiger partial charge in [-0.3, -0.25) is 4.79 Å². The molecule has 3 nitrogen and oxygen atoms in total. The van der Waals surface area contributed by atoms with Crippen LogP contribution in [0.25, 0.3) is 0 Å². The molecule has 0 saturated carbocycles. The van der Waals surface area contributed by atoms with E-state index in [0.29, 0.717) is 12.8 Å². The van der Waals surface area contributed by atoms with Crippen molar-refractivity contribution in [3.8, 4) is 0 Å². The number of aliphatic hydroxyl groups excluding tert-OH is 1. The maximum atomic E-state index is 10.5. The van der Waals surface area contributed by atoms with Crippen molar-refractivity contribution in [3.05, 3.63) is 12.2 Å². The summed E-state index contributed by atoms with van der Waals surface area (Å²) in [7, 11) is 0. The molecule has 0 fully saturated rings. The predicted octanol–water partition coefficient (Wildman–Crippen LogP) is 1.67. The predicted molar refractivity (Wildman–Crippen MR) is 51.4 cm³/mol. The molecule has 0 aromatic heterocycles. The molecule has 0 aliphatic rings. The van der Waals surface area contributed by atoms with Gasteiger partial charge in [0.1, 0.15) is 0 Å². The number of aliphatic carboxylic acids is 1. The van der Waals surface area contributed by atoms with Gasteiger partial charge in [-0.05, 0) is 19.8 Å². The molecule has 3 heteroatoms. The molecule has 0 aromatic rings. The van der Waals surface area contributed by atoms with Gasteiger partial charge in [-0.1, -0.05) is 19.1 Å². The van der Waals surface area contributed by atoms with Gasteiger partial charge in [0.15, 0.2) is 0 Å². The van der Waals surface area contributed by atoms with E-state index in [1.54, 1.807) is 6.92 Å². The molecule has 0 bridgehead atoms. The number of hydrogen-bond donors (Lipinski definition) is 2. The quantitative estimate of drug-likeness (QED) is 0.620. The van der Waals surface area contributed by atoms with Crippen molar-refractivity contribution in [2.24, 2.45) is 11.8 Å². The summed E-state index contributed by atoms with van der Waals surface area (Å²) in [5.74, 6) is -1.08. The topological polar surface area (TPSA) is 57.5 Å².